The Hall–Kier alpha value is -1.20. The van der Waals surface area contributed by atoms with Crippen LogP contribution in [0.25, 0.3) is 11.1 Å². The molecule has 114 valence electrons. The van der Waals surface area contributed by atoms with E-state index < -0.39 is 0 Å². The van der Waals surface area contributed by atoms with E-state index in [-0.39, 0.29) is 26.2 Å². The monoisotopic (exact) mass is 376 g/mol. The van der Waals surface area contributed by atoms with Crippen molar-refractivity contribution in [3.05, 3.63) is 83.5 Å². The minimum absolute atomic E-state index is 0. The molecule has 2 aromatic carbocycles. The zero-order valence-electron chi connectivity index (χ0n) is 14.1. The summed E-state index contributed by atoms with van der Waals surface area (Å²) < 4.78 is 0. The van der Waals surface area contributed by atoms with Crippen LogP contribution in [0.3, 0.4) is 0 Å². The first-order valence-electron chi connectivity index (χ1n) is 7.91. The van der Waals surface area contributed by atoms with Crippen molar-refractivity contribution in [3.8, 4) is 11.1 Å². The molecular formula is C22H22Zr. The normalized spacial score (nSPS) is 14.1. The van der Waals surface area contributed by atoms with E-state index in [1.54, 1.807) is 0 Å². The maximum Gasteiger partial charge on any atom is 2.00 e. The molecule has 0 amide bonds. The summed E-state index contributed by atoms with van der Waals surface area (Å²) in [5.41, 5.74) is 7.25. The van der Waals surface area contributed by atoms with Gasteiger partial charge in [0.2, 0.25) is 0 Å². The van der Waals surface area contributed by atoms with Crippen LogP contribution in [0.2, 0.25) is 0 Å². The number of hydrogen-bond acceptors (Lipinski definition) is 0. The quantitative estimate of drug-likeness (QED) is 0.436. The molecule has 0 spiro atoms. The zero-order chi connectivity index (χ0) is 15.6. The predicted octanol–water partition coefficient (Wildman–Crippen LogP) is 5.78. The number of hydrogen-bond donors (Lipinski definition) is 0. The van der Waals surface area contributed by atoms with Gasteiger partial charge in [-0.05, 0) is 6.42 Å². The van der Waals surface area contributed by atoms with Crippen LogP contribution in [-0.2, 0) is 32.6 Å². The van der Waals surface area contributed by atoms with Gasteiger partial charge in [-0.2, -0.15) is 41.5 Å². The molecule has 0 atom stereocenters. The van der Waals surface area contributed by atoms with Crippen molar-refractivity contribution < 1.29 is 26.2 Å². The van der Waals surface area contributed by atoms with E-state index in [1.165, 1.54) is 27.8 Å². The van der Waals surface area contributed by atoms with E-state index >= 15 is 0 Å². The number of benzene rings is 2. The van der Waals surface area contributed by atoms with E-state index in [9.17, 15) is 0 Å². The van der Waals surface area contributed by atoms with Crippen LogP contribution in [-0.4, -0.2) is 0 Å². The molecule has 0 heterocycles. The van der Waals surface area contributed by atoms with Gasteiger partial charge < -0.3 is 0 Å². The third-order valence-corrected chi connectivity index (χ3v) is 4.18. The largest absolute Gasteiger partial charge is 2.00 e. The van der Waals surface area contributed by atoms with Gasteiger partial charge in [0.1, 0.15) is 0 Å². The standard InChI is InChI=1S/C13H9.C9H13.Zr/c1-3-7-12-10(5-1)9-11-6-2-4-8-13(11)12;1-9(2,3)8-6-4-5-7-8;/h1-5,7-8H,9H2;6-7H,4H2,1-3H3;/q2*-1;+2. The molecular weight excluding hydrogens is 355 g/mol. The van der Waals surface area contributed by atoms with Gasteiger partial charge in [-0.1, -0.05) is 61.6 Å². The first kappa shape index (κ1) is 18.1. The van der Waals surface area contributed by atoms with Gasteiger partial charge in [-0.15, -0.1) is 12.0 Å². The van der Waals surface area contributed by atoms with Crippen molar-refractivity contribution in [1.29, 1.82) is 0 Å². The summed E-state index contributed by atoms with van der Waals surface area (Å²) in [6, 6.07) is 18.1. The second kappa shape index (κ2) is 7.58. The van der Waals surface area contributed by atoms with Gasteiger partial charge in [0.25, 0.3) is 0 Å². The maximum absolute atomic E-state index is 3.30. The molecule has 0 saturated carbocycles. The van der Waals surface area contributed by atoms with Gasteiger partial charge in [0.05, 0.1) is 0 Å². The van der Waals surface area contributed by atoms with Crippen molar-refractivity contribution in [2.45, 2.75) is 33.6 Å². The summed E-state index contributed by atoms with van der Waals surface area (Å²) >= 11 is 0. The van der Waals surface area contributed by atoms with Crippen LogP contribution < -0.4 is 0 Å². The van der Waals surface area contributed by atoms with Crippen molar-refractivity contribution in [2.75, 3.05) is 0 Å². The second-order valence-electron chi connectivity index (χ2n) is 6.86. The van der Waals surface area contributed by atoms with Crippen LogP contribution in [0.5, 0.6) is 0 Å². The summed E-state index contributed by atoms with van der Waals surface area (Å²) in [7, 11) is 0. The molecule has 0 unspecified atom stereocenters. The van der Waals surface area contributed by atoms with E-state index in [1.807, 2.05) is 6.07 Å². The Morgan fingerprint density at radius 1 is 0.957 bits per heavy atom. The predicted molar refractivity (Wildman–Crippen MR) is 93.5 cm³/mol. The Morgan fingerprint density at radius 3 is 2.35 bits per heavy atom. The van der Waals surface area contributed by atoms with Gasteiger partial charge >= 0.3 is 26.2 Å². The van der Waals surface area contributed by atoms with E-state index in [0.717, 1.165) is 12.8 Å². The second-order valence-corrected chi connectivity index (χ2v) is 6.86. The summed E-state index contributed by atoms with van der Waals surface area (Å²) in [4.78, 5) is 0. The molecule has 0 bridgehead atoms. The van der Waals surface area contributed by atoms with E-state index in [4.69, 9.17) is 0 Å². The molecule has 2 aliphatic carbocycles. The Labute approximate surface area is 159 Å². The fraction of sp³-hybridized carbons (Fsp3) is 0.273. The van der Waals surface area contributed by atoms with Crippen molar-refractivity contribution in [1.82, 2.24) is 0 Å². The van der Waals surface area contributed by atoms with E-state index in [2.05, 4.69) is 81.5 Å². The molecule has 0 N–H and O–H groups in total. The molecule has 0 aliphatic heterocycles. The van der Waals surface area contributed by atoms with Gasteiger partial charge in [0, 0.05) is 0 Å². The Balaban J connectivity index is 0.000000171. The molecule has 23 heavy (non-hydrogen) atoms. The van der Waals surface area contributed by atoms with Crippen LogP contribution in [0.4, 0.5) is 0 Å². The Morgan fingerprint density at radius 2 is 1.70 bits per heavy atom. The summed E-state index contributed by atoms with van der Waals surface area (Å²) in [5, 5.41) is 0. The van der Waals surface area contributed by atoms with Crippen LogP contribution in [0.15, 0.2) is 60.2 Å². The van der Waals surface area contributed by atoms with Crippen LogP contribution >= 0.6 is 0 Å². The molecule has 1 heteroatoms. The average Bonchev–Trinajstić information content (AvgIpc) is 3.15. The molecule has 2 aliphatic rings. The zero-order valence-corrected chi connectivity index (χ0v) is 16.6. The topological polar surface area (TPSA) is 0 Å². The molecule has 2 aromatic rings. The van der Waals surface area contributed by atoms with Crippen LogP contribution in [0.1, 0.15) is 38.3 Å². The smallest absolute Gasteiger partial charge is 0.273 e. The Bertz CT molecular complexity index is 686. The summed E-state index contributed by atoms with van der Waals surface area (Å²) in [6.45, 7) is 6.67. The number of fused-ring (bicyclic) bond motifs is 3. The molecule has 0 saturated heterocycles. The molecule has 0 aromatic heterocycles. The van der Waals surface area contributed by atoms with Gasteiger partial charge in [0.15, 0.2) is 0 Å². The minimum Gasteiger partial charge on any atom is -0.273 e. The van der Waals surface area contributed by atoms with Crippen molar-refractivity contribution in [3.63, 3.8) is 0 Å². The summed E-state index contributed by atoms with van der Waals surface area (Å²) in [6.07, 6.45) is 9.55. The maximum atomic E-state index is 3.30. The fourth-order valence-electron chi connectivity index (χ4n) is 2.92. The summed E-state index contributed by atoms with van der Waals surface area (Å²) in [5.74, 6) is 0. The Kier molecular flexibility index (Phi) is 5.98. The first-order valence-corrected chi connectivity index (χ1v) is 7.91. The van der Waals surface area contributed by atoms with Gasteiger partial charge in [-0.3, -0.25) is 6.08 Å². The third kappa shape index (κ3) is 4.21. The average molecular weight is 378 g/mol. The number of rotatable bonds is 0. The van der Waals surface area contributed by atoms with Crippen LogP contribution in [0, 0.1) is 17.6 Å². The van der Waals surface area contributed by atoms with E-state index in [0.29, 0.717) is 5.41 Å². The third-order valence-electron chi connectivity index (χ3n) is 4.18. The number of allylic oxidation sites excluding steroid dienone is 4. The molecule has 0 fully saturated rings. The fourth-order valence-corrected chi connectivity index (χ4v) is 2.92. The molecule has 4 rings (SSSR count). The molecule has 0 radical (unpaired) electrons. The molecule has 0 nitrogen and oxygen atoms in total. The van der Waals surface area contributed by atoms with Gasteiger partial charge in [-0.25, -0.2) is 6.08 Å². The minimum atomic E-state index is 0. The van der Waals surface area contributed by atoms with Crippen molar-refractivity contribution in [2.24, 2.45) is 5.41 Å². The first-order chi connectivity index (χ1) is 10.6. The van der Waals surface area contributed by atoms with Crippen molar-refractivity contribution >= 4 is 0 Å². The SMILES string of the molecule is CC(C)(C)C1=CC[C-]=C1.[Zr+2].[c-]1cccc2c1Cc1ccccc1-2.